The fourth-order valence-electron chi connectivity index (χ4n) is 2.35. The van der Waals surface area contributed by atoms with Crippen molar-refractivity contribution >= 4 is 40.9 Å². The Morgan fingerprint density at radius 3 is 2.42 bits per heavy atom. The summed E-state index contributed by atoms with van der Waals surface area (Å²) in [6, 6.07) is 10.6. The van der Waals surface area contributed by atoms with Crippen LogP contribution >= 0.6 is 23.2 Å². The molecule has 162 valence electrons. The minimum absolute atomic E-state index is 0.0710. The van der Waals surface area contributed by atoms with E-state index in [2.05, 4.69) is 20.7 Å². The van der Waals surface area contributed by atoms with Crippen LogP contribution in [-0.4, -0.2) is 22.1 Å². The summed E-state index contributed by atoms with van der Waals surface area (Å²) in [5.41, 5.74) is -0.437. The first kappa shape index (κ1) is 22.6. The Morgan fingerprint density at radius 1 is 1.10 bits per heavy atom. The first-order valence-electron chi connectivity index (χ1n) is 8.57. The summed E-state index contributed by atoms with van der Waals surface area (Å²) in [5.74, 6) is -1.69. The van der Waals surface area contributed by atoms with E-state index in [4.69, 9.17) is 23.2 Å². The number of nitrogens with zero attached hydrogens (tertiary/aromatic N) is 2. The van der Waals surface area contributed by atoms with E-state index in [-0.39, 0.29) is 28.9 Å². The molecule has 3 aromatic rings. The predicted molar refractivity (Wildman–Crippen MR) is 109 cm³/mol. The molecule has 0 aliphatic rings. The number of aliphatic imine (C=N–C) groups is 1. The molecule has 1 heterocycles. The van der Waals surface area contributed by atoms with Crippen LogP contribution in [0.2, 0.25) is 10.0 Å². The van der Waals surface area contributed by atoms with E-state index in [9.17, 15) is 22.4 Å². The van der Waals surface area contributed by atoms with Gasteiger partial charge < -0.3 is 5.32 Å². The average Bonchev–Trinajstić information content (AvgIpc) is 3.18. The molecule has 0 atom stereocenters. The highest BCUT2D eigenvalue weighted by Crippen LogP contribution is 2.28. The van der Waals surface area contributed by atoms with Crippen LogP contribution in [0, 0.1) is 5.82 Å². The number of aromatic nitrogens is 2. The predicted octanol–water partition coefficient (Wildman–Crippen LogP) is 5.27. The number of nitrogens with one attached hydrogen (secondary N) is 3. The summed E-state index contributed by atoms with van der Waals surface area (Å²) in [5, 5.41) is 10.7. The number of benzene rings is 2. The van der Waals surface area contributed by atoms with Crippen LogP contribution < -0.4 is 10.6 Å². The molecular formula is C19H13Cl2F4N5O. The van der Waals surface area contributed by atoms with Gasteiger partial charge >= 0.3 is 6.18 Å². The summed E-state index contributed by atoms with van der Waals surface area (Å²) >= 11 is 11.4. The van der Waals surface area contributed by atoms with E-state index in [1.54, 1.807) is 0 Å². The van der Waals surface area contributed by atoms with Gasteiger partial charge in [0, 0.05) is 16.7 Å². The highest BCUT2D eigenvalue weighted by atomic mass is 35.5. The van der Waals surface area contributed by atoms with Gasteiger partial charge in [0.25, 0.3) is 5.91 Å². The second-order valence-corrected chi connectivity index (χ2v) is 7.01. The zero-order valence-corrected chi connectivity index (χ0v) is 16.9. The molecule has 0 radical (unpaired) electrons. The maximum absolute atomic E-state index is 13.6. The van der Waals surface area contributed by atoms with Crippen LogP contribution in [0.1, 0.15) is 21.6 Å². The third kappa shape index (κ3) is 6.19. The van der Waals surface area contributed by atoms with E-state index < -0.39 is 23.6 Å². The number of carbonyl (C=O) groups is 1. The first-order chi connectivity index (χ1) is 14.6. The van der Waals surface area contributed by atoms with Crippen LogP contribution in [0.4, 0.5) is 23.4 Å². The second-order valence-electron chi connectivity index (χ2n) is 6.16. The molecule has 0 saturated carbocycles. The lowest BCUT2D eigenvalue weighted by Crippen LogP contribution is -2.36. The van der Waals surface area contributed by atoms with Crippen molar-refractivity contribution in [3.8, 4) is 0 Å². The number of amides is 1. The molecule has 3 N–H and O–H groups in total. The molecule has 0 saturated heterocycles. The Hall–Kier alpha value is -3.11. The number of alkyl halides is 3. The van der Waals surface area contributed by atoms with Crippen molar-refractivity contribution in [3.63, 3.8) is 0 Å². The molecule has 0 aliphatic carbocycles. The number of hydrogen-bond acceptors (Lipinski definition) is 3. The third-order valence-electron chi connectivity index (χ3n) is 3.87. The molecule has 6 nitrogen and oxygen atoms in total. The molecule has 0 aliphatic heterocycles. The van der Waals surface area contributed by atoms with Crippen molar-refractivity contribution < 1.29 is 22.4 Å². The Labute approximate surface area is 183 Å². The van der Waals surface area contributed by atoms with E-state index >= 15 is 0 Å². The van der Waals surface area contributed by atoms with Crippen LogP contribution in [0.3, 0.4) is 0 Å². The van der Waals surface area contributed by atoms with Crippen LogP contribution in [0.15, 0.2) is 53.5 Å². The zero-order valence-electron chi connectivity index (χ0n) is 15.4. The quantitative estimate of drug-likeness (QED) is 0.274. The fraction of sp³-hybridized carbons (Fsp3) is 0.105. The maximum atomic E-state index is 13.6. The second kappa shape index (κ2) is 9.36. The number of halogens is 6. The lowest BCUT2D eigenvalue weighted by atomic mass is 10.2. The Bertz CT molecular complexity index is 1110. The van der Waals surface area contributed by atoms with E-state index in [1.165, 1.54) is 36.4 Å². The zero-order chi connectivity index (χ0) is 22.6. The minimum Gasteiger partial charge on any atom is -0.309 e. The number of hydrogen-bond donors (Lipinski definition) is 3. The van der Waals surface area contributed by atoms with Gasteiger partial charge in [-0.3, -0.25) is 15.2 Å². The number of aromatic amines is 1. The average molecular weight is 474 g/mol. The molecule has 31 heavy (non-hydrogen) atoms. The number of anilines is 1. The molecular weight excluding hydrogens is 461 g/mol. The van der Waals surface area contributed by atoms with Gasteiger partial charge in [-0.25, -0.2) is 9.38 Å². The van der Waals surface area contributed by atoms with Gasteiger partial charge in [-0.05, 0) is 42.0 Å². The SMILES string of the molecule is O=C(NC(=NCc1ccc(Cl)c(F)c1)Nc1cc(C(F)(F)F)[nH]n1)c1ccc(Cl)cc1. The van der Waals surface area contributed by atoms with Gasteiger partial charge in [-0.1, -0.05) is 29.3 Å². The summed E-state index contributed by atoms with van der Waals surface area (Å²) in [6.45, 7) is -0.103. The molecule has 1 amide bonds. The van der Waals surface area contributed by atoms with E-state index in [1.807, 2.05) is 5.10 Å². The van der Waals surface area contributed by atoms with Crippen molar-refractivity contribution in [2.24, 2.45) is 4.99 Å². The minimum atomic E-state index is -4.63. The van der Waals surface area contributed by atoms with E-state index in [0.717, 1.165) is 6.07 Å². The number of carbonyl (C=O) groups excluding carboxylic acids is 1. The Balaban J connectivity index is 1.83. The van der Waals surface area contributed by atoms with Crippen molar-refractivity contribution in [1.29, 1.82) is 0 Å². The molecule has 0 bridgehead atoms. The first-order valence-corrected chi connectivity index (χ1v) is 9.32. The molecule has 2 aromatic carbocycles. The van der Waals surface area contributed by atoms with Crippen molar-refractivity contribution in [2.75, 3.05) is 5.32 Å². The summed E-state index contributed by atoms with van der Waals surface area (Å²) in [4.78, 5) is 16.6. The van der Waals surface area contributed by atoms with Gasteiger partial charge in [-0.15, -0.1) is 0 Å². The molecule has 0 fully saturated rings. The topological polar surface area (TPSA) is 82.2 Å². The molecule has 1 aromatic heterocycles. The Kier molecular flexibility index (Phi) is 6.81. The fourth-order valence-corrected chi connectivity index (χ4v) is 2.60. The van der Waals surface area contributed by atoms with Gasteiger partial charge in [0.05, 0.1) is 11.6 Å². The maximum Gasteiger partial charge on any atom is 0.432 e. The smallest absolute Gasteiger partial charge is 0.309 e. The monoisotopic (exact) mass is 473 g/mol. The molecule has 12 heteroatoms. The van der Waals surface area contributed by atoms with Gasteiger partial charge in [0.15, 0.2) is 5.82 Å². The molecule has 0 spiro atoms. The number of H-pyrrole nitrogens is 1. The van der Waals surface area contributed by atoms with Crippen LogP contribution in [-0.2, 0) is 12.7 Å². The van der Waals surface area contributed by atoms with Crippen LogP contribution in [0.25, 0.3) is 0 Å². The van der Waals surface area contributed by atoms with Gasteiger partial charge in [-0.2, -0.15) is 18.3 Å². The summed E-state index contributed by atoms with van der Waals surface area (Å²) < 4.78 is 52.0. The summed E-state index contributed by atoms with van der Waals surface area (Å²) in [6.07, 6.45) is -4.63. The molecule has 0 unspecified atom stereocenters. The normalized spacial score (nSPS) is 12.0. The van der Waals surface area contributed by atoms with Crippen molar-refractivity contribution in [2.45, 2.75) is 12.7 Å². The summed E-state index contributed by atoms with van der Waals surface area (Å²) in [7, 11) is 0. The largest absolute Gasteiger partial charge is 0.432 e. The molecule has 3 rings (SSSR count). The lowest BCUT2D eigenvalue weighted by Gasteiger charge is -2.10. The van der Waals surface area contributed by atoms with Gasteiger partial charge in [0.2, 0.25) is 5.96 Å². The van der Waals surface area contributed by atoms with E-state index in [0.29, 0.717) is 16.7 Å². The third-order valence-corrected chi connectivity index (χ3v) is 4.43. The lowest BCUT2D eigenvalue weighted by molar-refractivity contribution is -0.141. The van der Waals surface area contributed by atoms with Crippen LogP contribution in [0.5, 0.6) is 0 Å². The number of guanidine groups is 1. The Morgan fingerprint density at radius 2 is 1.81 bits per heavy atom. The standard InChI is InChI=1S/C19H13Cl2F4N5O/c20-12-4-2-11(3-5-12)17(31)28-18(26-9-10-1-6-13(21)14(22)7-10)27-16-8-15(29-30-16)19(23,24)25/h1-8H,9H2,(H3,26,27,28,29,30,31). The highest BCUT2D eigenvalue weighted by Gasteiger charge is 2.33. The van der Waals surface area contributed by atoms with Crippen molar-refractivity contribution in [3.05, 3.63) is 81.2 Å². The highest BCUT2D eigenvalue weighted by molar-refractivity contribution is 6.31. The van der Waals surface area contributed by atoms with Crippen molar-refractivity contribution in [1.82, 2.24) is 15.5 Å². The van der Waals surface area contributed by atoms with Gasteiger partial charge in [0.1, 0.15) is 11.5 Å². The number of rotatable bonds is 4.